The van der Waals surface area contributed by atoms with Crippen LogP contribution in [0.3, 0.4) is 0 Å². The molecule has 0 aromatic carbocycles. The fraction of sp³-hybridized carbons (Fsp3) is 0.846. The predicted octanol–water partition coefficient (Wildman–Crippen LogP) is 0.934. The number of piperidine rings is 1. The van der Waals surface area contributed by atoms with Crippen molar-refractivity contribution in [3.05, 3.63) is 0 Å². The number of urea groups is 1. The van der Waals surface area contributed by atoms with Gasteiger partial charge in [0.05, 0.1) is 12.5 Å². The number of hydrogen-bond acceptors (Lipinski definition) is 3. The molecule has 0 saturated carbocycles. The van der Waals surface area contributed by atoms with E-state index in [0.29, 0.717) is 19.7 Å². The van der Waals surface area contributed by atoms with Gasteiger partial charge in [-0.05, 0) is 25.7 Å². The Bertz CT molecular complexity index is 340. The predicted molar refractivity (Wildman–Crippen MR) is 70.3 cm³/mol. The Hall–Kier alpha value is -1.30. The number of carbonyl (C=O) groups is 2. The summed E-state index contributed by atoms with van der Waals surface area (Å²) in [5, 5.41) is 1.50. The number of carbonyl (C=O) groups excluding carboxylic acids is 2. The van der Waals surface area contributed by atoms with Crippen LogP contribution in [0.25, 0.3) is 0 Å². The molecule has 2 saturated heterocycles. The highest BCUT2D eigenvalue weighted by atomic mass is 16.7. The van der Waals surface area contributed by atoms with Crippen LogP contribution in [0.15, 0.2) is 0 Å². The van der Waals surface area contributed by atoms with E-state index in [2.05, 4.69) is 0 Å². The van der Waals surface area contributed by atoms with Crippen molar-refractivity contribution in [2.75, 3.05) is 40.3 Å². The molecule has 2 fully saturated rings. The Labute approximate surface area is 114 Å². The zero-order valence-electron chi connectivity index (χ0n) is 11.8. The van der Waals surface area contributed by atoms with Gasteiger partial charge < -0.3 is 9.80 Å². The summed E-state index contributed by atoms with van der Waals surface area (Å²) in [7, 11) is 3.48. The maximum atomic E-state index is 12.3. The quantitative estimate of drug-likeness (QED) is 0.711. The average molecular weight is 269 g/mol. The Morgan fingerprint density at radius 3 is 2.58 bits per heavy atom. The van der Waals surface area contributed by atoms with E-state index in [1.165, 1.54) is 5.06 Å². The highest BCUT2D eigenvalue weighted by molar-refractivity contribution is 5.80. The summed E-state index contributed by atoms with van der Waals surface area (Å²) in [5.74, 6) is -0.0771. The van der Waals surface area contributed by atoms with Crippen LogP contribution in [0.2, 0.25) is 0 Å². The molecule has 0 spiro atoms. The van der Waals surface area contributed by atoms with E-state index in [0.717, 1.165) is 32.2 Å². The summed E-state index contributed by atoms with van der Waals surface area (Å²) in [4.78, 5) is 33.0. The SMILES string of the molecule is CN(C)C(=O)N1CCCC(C(=O)N2CCCCO2)C1. The van der Waals surface area contributed by atoms with Gasteiger partial charge in [-0.2, -0.15) is 0 Å². The summed E-state index contributed by atoms with van der Waals surface area (Å²) < 4.78 is 0. The van der Waals surface area contributed by atoms with Crippen LogP contribution in [-0.2, 0) is 9.63 Å². The number of hydrogen-bond donors (Lipinski definition) is 0. The lowest BCUT2D eigenvalue weighted by molar-refractivity contribution is -0.202. The van der Waals surface area contributed by atoms with Crippen LogP contribution in [0.5, 0.6) is 0 Å². The van der Waals surface area contributed by atoms with Gasteiger partial charge in [0, 0.05) is 33.7 Å². The molecule has 0 radical (unpaired) electrons. The lowest BCUT2D eigenvalue weighted by atomic mass is 9.97. The Morgan fingerprint density at radius 2 is 1.95 bits per heavy atom. The summed E-state index contributed by atoms with van der Waals surface area (Å²) in [6.45, 7) is 2.55. The summed E-state index contributed by atoms with van der Waals surface area (Å²) in [5.41, 5.74) is 0. The van der Waals surface area contributed by atoms with Crippen molar-refractivity contribution in [1.29, 1.82) is 0 Å². The standard InChI is InChI=1S/C13H23N3O3/c1-14(2)13(18)15-7-5-6-11(10-15)12(17)16-8-3-4-9-19-16/h11H,3-10H2,1-2H3. The van der Waals surface area contributed by atoms with Crippen LogP contribution in [0.1, 0.15) is 25.7 Å². The monoisotopic (exact) mass is 269 g/mol. The second-order valence-electron chi connectivity index (χ2n) is 5.44. The average Bonchev–Trinajstić information content (AvgIpc) is 2.46. The summed E-state index contributed by atoms with van der Waals surface area (Å²) in [6.07, 6.45) is 3.73. The van der Waals surface area contributed by atoms with Crippen molar-refractivity contribution in [3.63, 3.8) is 0 Å². The van der Waals surface area contributed by atoms with E-state index in [1.807, 2.05) is 0 Å². The zero-order valence-corrected chi connectivity index (χ0v) is 11.8. The van der Waals surface area contributed by atoms with E-state index in [9.17, 15) is 9.59 Å². The molecule has 0 bridgehead atoms. The van der Waals surface area contributed by atoms with Crippen LogP contribution < -0.4 is 0 Å². The first kappa shape index (κ1) is 14.1. The lowest BCUT2D eigenvalue weighted by Gasteiger charge is -2.36. The van der Waals surface area contributed by atoms with E-state index in [4.69, 9.17) is 4.84 Å². The van der Waals surface area contributed by atoms with Gasteiger partial charge in [-0.1, -0.05) is 0 Å². The van der Waals surface area contributed by atoms with Gasteiger partial charge in [0.2, 0.25) is 0 Å². The molecule has 19 heavy (non-hydrogen) atoms. The molecule has 1 atom stereocenters. The number of hydroxylamine groups is 2. The van der Waals surface area contributed by atoms with Crippen molar-refractivity contribution in [3.8, 4) is 0 Å². The van der Waals surface area contributed by atoms with E-state index in [1.54, 1.807) is 23.9 Å². The molecule has 0 N–H and O–H groups in total. The fourth-order valence-corrected chi connectivity index (χ4v) is 2.61. The molecule has 108 valence electrons. The highest BCUT2D eigenvalue weighted by Crippen LogP contribution is 2.21. The van der Waals surface area contributed by atoms with Crippen molar-refractivity contribution < 1.29 is 14.4 Å². The molecule has 0 aliphatic carbocycles. The Morgan fingerprint density at radius 1 is 1.16 bits per heavy atom. The van der Waals surface area contributed by atoms with E-state index in [-0.39, 0.29) is 17.9 Å². The maximum absolute atomic E-state index is 12.3. The van der Waals surface area contributed by atoms with Gasteiger partial charge in [0.1, 0.15) is 0 Å². The number of nitrogens with zero attached hydrogens (tertiary/aromatic N) is 3. The lowest BCUT2D eigenvalue weighted by Crippen LogP contribution is -2.50. The normalized spacial score (nSPS) is 24.2. The van der Waals surface area contributed by atoms with Crippen LogP contribution in [0, 0.1) is 5.92 Å². The molecule has 6 heteroatoms. The topological polar surface area (TPSA) is 53.1 Å². The number of rotatable bonds is 1. The molecule has 2 heterocycles. The molecule has 2 rings (SSSR count). The maximum Gasteiger partial charge on any atom is 0.319 e. The smallest absolute Gasteiger partial charge is 0.319 e. The first-order chi connectivity index (χ1) is 9.09. The molecule has 0 aromatic rings. The molecule has 1 unspecified atom stereocenters. The summed E-state index contributed by atoms with van der Waals surface area (Å²) >= 11 is 0. The van der Waals surface area contributed by atoms with Crippen molar-refractivity contribution in [2.24, 2.45) is 5.92 Å². The molecule has 0 aromatic heterocycles. The molecule has 2 aliphatic heterocycles. The minimum atomic E-state index is -0.115. The highest BCUT2D eigenvalue weighted by Gasteiger charge is 2.32. The minimum Gasteiger partial charge on any atom is -0.331 e. The van der Waals surface area contributed by atoms with Crippen molar-refractivity contribution >= 4 is 11.9 Å². The number of amides is 3. The fourth-order valence-electron chi connectivity index (χ4n) is 2.61. The molecule has 3 amide bonds. The number of likely N-dealkylation sites (tertiary alicyclic amines) is 1. The third-order valence-electron chi connectivity index (χ3n) is 3.67. The van der Waals surface area contributed by atoms with E-state index >= 15 is 0 Å². The molecular weight excluding hydrogens is 246 g/mol. The summed E-state index contributed by atoms with van der Waals surface area (Å²) in [6, 6.07) is -0.0166. The largest absolute Gasteiger partial charge is 0.331 e. The second kappa shape index (κ2) is 6.23. The van der Waals surface area contributed by atoms with Gasteiger partial charge in [-0.15, -0.1) is 0 Å². The first-order valence-electron chi connectivity index (χ1n) is 7.00. The second-order valence-corrected chi connectivity index (χ2v) is 5.44. The third-order valence-corrected chi connectivity index (χ3v) is 3.67. The Kier molecular flexibility index (Phi) is 4.63. The Balaban J connectivity index is 1.92. The zero-order chi connectivity index (χ0) is 13.8. The van der Waals surface area contributed by atoms with Gasteiger partial charge in [-0.3, -0.25) is 9.63 Å². The van der Waals surface area contributed by atoms with Gasteiger partial charge >= 0.3 is 6.03 Å². The van der Waals surface area contributed by atoms with Gasteiger partial charge in [0.25, 0.3) is 5.91 Å². The van der Waals surface area contributed by atoms with Gasteiger partial charge in [0.15, 0.2) is 0 Å². The van der Waals surface area contributed by atoms with E-state index < -0.39 is 0 Å². The van der Waals surface area contributed by atoms with Crippen LogP contribution in [0.4, 0.5) is 4.79 Å². The first-order valence-corrected chi connectivity index (χ1v) is 7.00. The molecular formula is C13H23N3O3. The minimum absolute atomic E-state index is 0.0166. The third kappa shape index (κ3) is 3.37. The van der Waals surface area contributed by atoms with Crippen LogP contribution in [-0.4, -0.2) is 67.1 Å². The van der Waals surface area contributed by atoms with Crippen LogP contribution >= 0.6 is 0 Å². The molecule has 6 nitrogen and oxygen atoms in total. The van der Waals surface area contributed by atoms with Crippen molar-refractivity contribution in [2.45, 2.75) is 25.7 Å². The van der Waals surface area contributed by atoms with Crippen molar-refractivity contribution in [1.82, 2.24) is 14.9 Å². The van der Waals surface area contributed by atoms with Gasteiger partial charge in [-0.25, -0.2) is 9.86 Å². The molecule has 2 aliphatic rings.